The maximum Gasteiger partial charge on any atom is 0.193 e. The monoisotopic (exact) mass is 326 g/mol. The molecule has 1 aliphatic heterocycles. The van der Waals surface area contributed by atoms with E-state index in [0.717, 1.165) is 31.6 Å². The molecule has 7 heteroatoms. The Morgan fingerprint density at radius 2 is 2.17 bits per heavy atom. The summed E-state index contributed by atoms with van der Waals surface area (Å²) in [5, 5.41) is 8.04. The fraction of sp³-hybridized carbons (Fsp3) is 0.353. The van der Waals surface area contributed by atoms with Gasteiger partial charge in [-0.25, -0.2) is 4.98 Å². The number of hydrogen-bond donors (Lipinski definition) is 1. The van der Waals surface area contributed by atoms with Gasteiger partial charge in [0.05, 0.1) is 17.1 Å². The van der Waals surface area contributed by atoms with Gasteiger partial charge in [-0.2, -0.15) is 5.10 Å². The van der Waals surface area contributed by atoms with Crippen molar-refractivity contribution in [2.45, 2.75) is 18.9 Å². The molecule has 1 N–H and O–H groups in total. The molecule has 4 rings (SSSR count). The summed E-state index contributed by atoms with van der Waals surface area (Å²) < 4.78 is 13.1. The Morgan fingerprint density at radius 1 is 1.33 bits per heavy atom. The number of hydrogen-bond acceptors (Lipinski definition) is 6. The number of pyridine rings is 1. The number of rotatable bonds is 3. The van der Waals surface area contributed by atoms with Gasteiger partial charge in [-0.1, -0.05) is 0 Å². The Morgan fingerprint density at radius 3 is 2.92 bits per heavy atom. The van der Waals surface area contributed by atoms with Crippen LogP contribution in [0, 0.1) is 0 Å². The van der Waals surface area contributed by atoms with Gasteiger partial charge in [0.2, 0.25) is 0 Å². The van der Waals surface area contributed by atoms with Gasteiger partial charge in [-0.15, -0.1) is 0 Å². The number of nitrogens with one attached hydrogen (secondary N) is 1. The van der Waals surface area contributed by atoms with E-state index in [1.807, 2.05) is 13.2 Å². The summed E-state index contributed by atoms with van der Waals surface area (Å²) in [6, 6.07) is 3.45. The molecule has 0 radical (unpaired) electrons. The molecular formula is C17H18N4O3. The minimum Gasteiger partial charge on any atom is -0.452 e. The lowest BCUT2D eigenvalue weighted by Gasteiger charge is -2.23. The molecule has 1 fully saturated rings. The summed E-state index contributed by atoms with van der Waals surface area (Å²) in [6.45, 7) is 1.46. The second-order valence-corrected chi connectivity index (χ2v) is 5.94. The average molecular weight is 326 g/mol. The fourth-order valence-corrected chi connectivity index (χ4v) is 2.91. The van der Waals surface area contributed by atoms with Crippen molar-refractivity contribution in [3.05, 3.63) is 40.9 Å². The Kier molecular flexibility index (Phi) is 3.78. The molecule has 0 aromatic carbocycles. The third kappa shape index (κ3) is 2.78. The van der Waals surface area contributed by atoms with E-state index in [4.69, 9.17) is 9.15 Å². The molecule has 0 spiro atoms. The number of nitrogens with zero attached hydrogens (tertiary/aromatic N) is 3. The molecule has 1 aliphatic rings. The molecule has 4 heterocycles. The largest absolute Gasteiger partial charge is 0.452 e. The molecule has 1 saturated heterocycles. The second kappa shape index (κ2) is 6.09. The first-order valence-electron chi connectivity index (χ1n) is 7.97. The van der Waals surface area contributed by atoms with Crippen LogP contribution in [0.25, 0.3) is 22.3 Å². The molecule has 0 unspecified atom stereocenters. The Bertz CT molecular complexity index is 925. The summed E-state index contributed by atoms with van der Waals surface area (Å²) in [7, 11) is 1.82. The molecular weight excluding hydrogens is 308 g/mol. The zero-order chi connectivity index (χ0) is 16.5. The Hall–Kier alpha value is -2.67. The van der Waals surface area contributed by atoms with Crippen LogP contribution >= 0.6 is 0 Å². The van der Waals surface area contributed by atoms with E-state index in [2.05, 4.69) is 15.4 Å². The van der Waals surface area contributed by atoms with Crippen molar-refractivity contribution >= 4 is 16.8 Å². The highest BCUT2D eigenvalue weighted by molar-refractivity contribution is 5.87. The molecule has 0 amide bonds. The van der Waals surface area contributed by atoms with Crippen LogP contribution in [-0.4, -0.2) is 34.0 Å². The summed E-state index contributed by atoms with van der Waals surface area (Å²) in [4.78, 5) is 16.8. The molecule has 0 atom stereocenters. The van der Waals surface area contributed by atoms with Crippen LogP contribution in [0.4, 0.5) is 5.82 Å². The SMILES string of the molecule is Cn1cc(-c2cc(=O)c3ccnc(NC4CCOCC4)c3o2)cn1. The van der Waals surface area contributed by atoms with E-state index in [1.54, 1.807) is 23.1 Å². The summed E-state index contributed by atoms with van der Waals surface area (Å²) >= 11 is 0. The van der Waals surface area contributed by atoms with Crippen LogP contribution in [0.15, 0.2) is 39.9 Å². The first kappa shape index (κ1) is 14.9. The molecule has 0 saturated carbocycles. The van der Waals surface area contributed by atoms with Crippen LogP contribution in [0.3, 0.4) is 0 Å². The lowest BCUT2D eigenvalue weighted by molar-refractivity contribution is 0.0904. The van der Waals surface area contributed by atoms with Crippen molar-refractivity contribution in [1.82, 2.24) is 14.8 Å². The maximum atomic E-state index is 12.5. The Balaban J connectivity index is 1.79. The molecule has 3 aromatic rings. The smallest absolute Gasteiger partial charge is 0.193 e. The van der Waals surface area contributed by atoms with Gasteiger partial charge in [-0.3, -0.25) is 9.48 Å². The molecule has 0 bridgehead atoms. The lowest BCUT2D eigenvalue weighted by atomic mass is 10.1. The molecule has 24 heavy (non-hydrogen) atoms. The van der Waals surface area contributed by atoms with E-state index in [1.165, 1.54) is 6.07 Å². The van der Waals surface area contributed by atoms with Crippen molar-refractivity contribution in [3.8, 4) is 11.3 Å². The first-order chi connectivity index (χ1) is 11.7. The number of fused-ring (bicyclic) bond motifs is 1. The molecule has 7 nitrogen and oxygen atoms in total. The van der Waals surface area contributed by atoms with E-state index in [9.17, 15) is 4.79 Å². The van der Waals surface area contributed by atoms with Crippen molar-refractivity contribution in [2.75, 3.05) is 18.5 Å². The van der Waals surface area contributed by atoms with Crippen LogP contribution in [0.2, 0.25) is 0 Å². The highest BCUT2D eigenvalue weighted by atomic mass is 16.5. The third-order valence-corrected chi connectivity index (χ3v) is 4.20. The van der Waals surface area contributed by atoms with Gasteiger partial charge >= 0.3 is 0 Å². The van der Waals surface area contributed by atoms with Gasteiger partial charge in [0.25, 0.3) is 0 Å². The van der Waals surface area contributed by atoms with Crippen LogP contribution < -0.4 is 10.7 Å². The van der Waals surface area contributed by atoms with Crippen molar-refractivity contribution in [3.63, 3.8) is 0 Å². The normalized spacial score (nSPS) is 15.7. The quantitative estimate of drug-likeness (QED) is 0.794. The number of aromatic nitrogens is 3. The standard InChI is InChI=1S/C17H18N4O3/c1-21-10-11(9-19-21)15-8-14(22)13-2-5-18-17(16(13)24-15)20-12-3-6-23-7-4-12/h2,5,8-10,12H,3-4,6-7H2,1H3,(H,18,20). The second-order valence-electron chi connectivity index (χ2n) is 5.94. The zero-order valence-electron chi connectivity index (χ0n) is 13.4. The minimum absolute atomic E-state index is 0.0902. The minimum atomic E-state index is -0.0902. The highest BCUT2D eigenvalue weighted by Gasteiger charge is 2.17. The summed E-state index contributed by atoms with van der Waals surface area (Å²) in [5.41, 5.74) is 1.15. The highest BCUT2D eigenvalue weighted by Crippen LogP contribution is 2.26. The van der Waals surface area contributed by atoms with E-state index >= 15 is 0 Å². The molecule has 124 valence electrons. The molecule has 3 aromatic heterocycles. The van der Waals surface area contributed by atoms with Gasteiger partial charge < -0.3 is 14.5 Å². The third-order valence-electron chi connectivity index (χ3n) is 4.20. The molecule has 0 aliphatic carbocycles. The topological polar surface area (TPSA) is 82.2 Å². The lowest BCUT2D eigenvalue weighted by Crippen LogP contribution is -2.28. The average Bonchev–Trinajstić information content (AvgIpc) is 3.03. The fourth-order valence-electron chi connectivity index (χ4n) is 2.91. The van der Waals surface area contributed by atoms with Crippen molar-refractivity contribution in [2.24, 2.45) is 7.05 Å². The van der Waals surface area contributed by atoms with Gasteiger partial charge in [-0.05, 0) is 18.9 Å². The van der Waals surface area contributed by atoms with Crippen LogP contribution in [0.1, 0.15) is 12.8 Å². The van der Waals surface area contributed by atoms with Gasteiger partial charge in [0.1, 0.15) is 5.76 Å². The summed E-state index contributed by atoms with van der Waals surface area (Å²) in [6.07, 6.45) is 6.93. The first-order valence-corrected chi connectivity index (χ1v) is 7.97. The predicted octanol–water partition coefficient (Wildman–Crippen LogP) is 2.18. The maximum absolute atomic E-state index is 12.5. The van der Waals surface area contributed by atoms with Gasteiger partial charge in [0, 0.05) is 44.8 Å². The Labute approximate surface area is 138 Å². The summed E-state index contributed by atoms with van der Waals surface area (Å²) in [5.74, 6) is 1.09. The van der Waals surface area contributed by atoms with E-state index in [0.29, 0.717) is 22.5 Å². The van der Waals surface area contributed by atoms with Crippen LogP contribution in [-0.2, 0) is 11.8 Å². The van der Waals surface area contributed by atoms with E-state index in [-0.39, 0.29) is 11.5 Å². The number of ether oxygens (including phenoxy) is 1. The number of aryl methyl sites for hydroxylation is 1. The van der Waals surface area contributed by atoms with Crippen LogP contribution in [0.5, 0.6) is 0 Å². The van der Waals surface area contributed by atoms with Crippen molar-refractivity contribution < 1.29 is 9.15 Å². The zero-order valence-corrected chi connectivity index (χ0v) is 13.4. The van der Waals surface area contributed by atoms with Gasteiger partial charge in [0.15, 0.2) is 16.8 Å². The predicted molar refractivity (Wildman–Crippen MR) is 89.9 cm³/mol. The van der Waals surface area contributed by atoms with E-state index < -0.39 is 0 Å². The van der Waals surface area contributed by atoms with Crippen molar-refractivity contribution in [1.29, 1.82) is 0 Å². The number of anilines is 1.